The summed E-state index contributed by atoms with van der Waals surface area (Å²) in [6.07, 6.45) is 2.80. The fourth-order valence-corrected chi connectivity index (χ4v) is 3.37. The molecule has 1 aliphatic rings. The zero-order valence-corrected chi connectivity index (χ0v) is 16.0. The molecule has 1 aliphatic heterocycles. The number of nitriles is 1. The lowest BCUT2D eigenvalue weighted by Crippen LogP contribution is -2.41. The van der Waals surface area contributed by atoms with Gasteiger partial charge in [-0.05, 0) is 43.5 Å². The number of benzene rings is 1. The van der Waals surface area contributed by atoms with Gasteiger partial charge in [0.2, 0.25) is 5.91 Å². The van der Waals surface area contributed by atoms with E-state index < -0.39 is 0 Å². The van der Waals surface area contributed by atoms with E-state index in [2.05, 4.69) is 11.2 Å². The molecule has 0 radical (unpaired) electrons. The number of nitrogens with zero attached hydrogens (tertiary/aromatic N) is 5. The smallest absolute Gasteiger partial charge is 0.341 e. The van der Waals surface area contributed by atoms with Gasteiger partial charge in [0.05, 0.1) is 11.8 Å². The van der Waals surface area contributed by atoms with E-state index in [1.165, 1.54) is 9.25 Å². The molecule has 0 atom stereocenters. The molecule has 2 aromatic rings. The van der Waals surface area contributed by atoms with E-state index in [4.69, 9.17) is 16.9 Å². The molecular formula is C19H22ClN5O2. The first-order valence-corrected chi connectivity index (χ1v) is 9.53. The molecule has 0 bridgehead atoms. The van der Waals surface area contributed by atoms with Gasteiger partial charge in [-0.25, -0.2) is 4.79 Å². The molecule has 0 saturated carbocycles. The summed E-state index contributed by atoms with van der Waals surface area (Å²) in [6.45, 7) is 3.09. The average Bonchev–Trinajstić information content (AvgIpc) is 2.98. The topological polar surface area (TPSA) is 83.9 Å². The number of hydrogen-bond donors (Lipinski definition) is 0. The van der Waals surface area contributed by atoms with Crippen LogP contribution in [0.4, 0.5) is 0 Å². The first-order chi connectivity index (χ1) is 13.0. The van der Waals surface area contributed by atoms with Crippen LogP contribution < -0.4 is 5.69 Å². The molecule has 1 fully saturated rings. The average molecular weight is 388 g/mol. The third-order valence-electron chi connectivity index (χ3n) is 4.81. The molecule has 1 amide bonds. The largest absolute Gasteiger partial charge is 0.351 e. The van der Waals surface area contributed by atoms with Gasteiger partial charge in [-0.2, -0.15) is 9.94 Å². The van der Waals surface area contributed by atoms with Crippen molar-refractivity contribution in [3.05, 3.63) is 45.6 Å². The zero-order valence-electron chi connectivity index (χ0n) is 15.3. The van der Waals surface area contributed by atoms with Gasteiger partial charge in [0, 0.05) is 30.5 Å². The Morgan fingerprint density at radius 2 is 1.96 bits per heavy atom. The Hall–Kier alpha value is -2.59. The monoisotopic (exact) mass is 387 g/mol. The minimum absolute atomic E-state index is 0.0140. The molecule has 3 rings (SSSR count). The molecule has 1 saturated heterocycles. The predicted molar refractivity (Wildman–Crippen MR) is 102 cm³/mol. The molecule has 8 heteroatoms. The van der Waals surface area contributed by atoms with E-state index in [1.807, 2.05) is 6.92 Å². The summed E-state index contributed by atoms with van der Waals surface area (Å²) in [4.78, 5) is 27.3. The fraction of sp³-hybridized carbons (Fsp3) is 0.474. The van der Waals surface area contributed by atoms with Gasteiger partial charge in [0.1, 0.15) is 12.4 Å². The van der Waals surface area contributed by atoms with Crippen molar-refractivity contribution in [2.75, 3.05) is 13.1 Å². The van der Waals surface area contributed by atoms with E-state index in [0.717, 1.165) is 6.42 Å². The van der Waals surface area contributed by atoms with Gasteiger partial charge in [0.25, 0.3) is 0 Å². The van der Waals surface area contributed by atoms with Crippen molar-refractivity contribution in [2.24, 2.45) is 5.92 Å². The normalized spacial score (nSPS) is 14.9. The van der Waals surface area contributed by atoms with E-state index in [1.54, 1.807) is 29.2 Å². The Bertz CT molecular complexity index is 902. The van der Waals surface area contributed by atoms with E-state index >= 15 is 0 Å². The highest BCUT2D eigenvalue weighted by molar-refractivity contribution is 6.30. The van der Waals surface area contributed by atoms with E-state index in [-0.39, 0.29) is 24.1 Å². The Morgan fingerprint density at radius 3 is 2.56 bits per heavy atom. The number of carbonyl (C=O) groups excluding carboxylic acids is 1. The lowest BCUT2D eigenvalue weighted by molar-refractivity contribution is -0.133. The van der Waals surface area contributed by atoms with Crippen LogP contribution >= 0.6 is 11.6 Å². The highest BCUT2D eigenvalue weighted by Crippen LogP contribution is 2.17. The molecule has 1 aromatic carbocycles. The molecule has 27 heavy (non-hydrogen) atoms. The summed E-state index contributed by atoms with van der Waals surface area (Å²) in [5.41, 5.74) is 0.281. The summed E-state index contributed by atoms with van der Waals surface area (Å²) in [5, 5.41) is 14.0. The summed E-state index contributed by atoms with van der Waals surface area (Å²) >= 11 is 5.92. The minimum atomic E-state index is -0.332. The summed E-state index contributed by atoms with van der Waals surface area (Å²) < 4.78 is 2.77. The Balaban J connectivity index is 1.84. The summed E-state index contributed by atoms with van der Waals surface area (Å²) in [6, 6.07) is 9.11. The first-order valence-electron chi connectivity index (χ1n) is 9.15. The molecule has 0 unspecified atom stereocenters. The molecule has 1 aromatic heterocycles. The number of piperidine rings is 1. The van der Waals surface area contributed by atoms with Crippen LogP contribution in [0.2, 0.25) is 5.02 Å². The first kappa shape index (κ1) is 19.2. The number of hydrogen-bond acceptors (Lipinski definition) is 4. The third kappa shape index (κ3) is 4.22. The van der Waals surface area contributed by atoms with Crippen LogP contribution in [-0.2, 0) is 17.8 Å². The van der Waals surface area contributed by atoms with Gasteiger partial charge < -0.3 is 4.90 Å². The number of carbonyl (C=O) groups is 1. The highest BCUT2D eigenvalue weighted by atomic mass is 35.5. The summed E-state index contributed by atoms with van der Waals surface area (Å²) in [5.74, 6) is 0.499. The van der Waals surface area contributed by atoms with Gasteiger partial charge in [-0.3, -0.25) is 9.36 Å². The van der Waals surface area contributed by atoms with Crippen LogP contribution in [0.1, 0.15) is 32.0 Å². The summed E-state index contributed by atoms with van der Waals surface area (Å²) in [7, 11) is 0. The van der Waals surface area contributed by atoms with Crippen LogP contribution in [0.5, 0.6) is 0 Å². The second-order valence-electron chi connectivity index (χ2n) is 6.71. The number of halogens is 1. The van der Waals surface area contributed by atoms with Crippen molar-refractivity contribution in [3.63, 3.8) is 0 Å². The third-order valence-corrected chi connectivity index (χ3v) is 5.06. The van der Waals surface area contributed by atoms with Gasteiger partial charge in [0.15, 0.2) is 0 Å². The van der Waals surface area contributed by atoms with E-state index in [0.29, 0.717) is 48.9 Å². The molecule has 0 spiro atoms. The Labute approximate surface area is 162 Å². The lowest BCUT2D eigenvalue weighted by atomic mass is 9.99. The van der Waals surface area contributed by atoms with Crippen molar-refractivity contribution >= 4 is 17.5 Å². The molecule has 0 aliphatic carbocycles. The predicted octanol–water partition coefficient (Wildman–Crippen LogP) is 2.40. The molecular weight excluding hydrogens is 366 g/mol. The van der Waals surface area contributed by atoms with Crippen molar-refractivity contribution in [2.45, 2.75) is 39.2 Å². The van der Waals surface area contributed by atoms with Crippen LogP contribution in [-0.4, -0.2) is 38.2 Å². The van der Waals surface area contributed by atoms with Gasteiger partial charge in [-0.1, -0.05) is 18.5 Å². The maximum atomic E-state index is 12.9. The van der Waals surface area contributed by atoms with Crippen molar-refractivity contribution < 1.29 is 4.79 Å². The van der Waals surface area contributed by atoms with Crippen LogP contribution in [0.15, 0.2) is 29.1 Å². The quantitative estimate of drug-likeness (QED) is 0.788. The van der Waals surface area contributed by atoms with Gasteiger partial charge >= 0.3 is 5.69 Å². The molecule has 0 N–H and O–H groups in total. The lowest BCUT2D eigenvalue weighted by Gasteiger charge is -2.29. The Morgan fingerprint density at radius 1 is 1.30 bits per heavy atom. The second-order valence-corrected chi connectivity index (χ2v) is 7.14. The highest BCUT2D eigenvalue weighted by Gasteiger charge is 2.24. The molecule has 142 valence electrons. The number of aromatic nitrogens is 3. The number of aryl methyl sites for hydroxylation is 1. The molecule has 2 heterocycles. The van der Waals surface area contributed by atoms with Crippen molar-refractivity contribution in [1.82, 2.24) is 19.2 Å². The van der Waals surface area contributed by atoms with Crippen LogP contribution in [0.3, 0.4) is 0 Å². The standard InChI is InChI=1S/C19H22ClN5O2/c1-2-3-17-22-25(16-6-4-15(20)5-7-16)19(27)24(17)13-18(26)23-10-8-14(12-21)9-11-23/h4-7,14H,2-3,8-11,13H2,1H3. The number of likely N-dealkylation sites (tertiary alicyclic amines) is 1. The van der Waals surface area contributed by atoms with Crippen LogP contribution in [0, 0.1) is 17.2 Å². The molecule has 7 nitrogen and oxygen atoms in total. The van der Waals surface area contributed by atoms with Crippen molar-refractivity contribution in [3.8, 4) is 11.8 Å². The minimum Gasteiger partial charge on any atom is -0.341 e. The second kappa shape index (κ2) is 8.40. The maximum absolute atomic E-state index is 12.9. The number of rotatable bonds is 5. The van der Waals surface area contributed by atoms with Crippen molar-refractivity contribution in [1.29, 1.82) is 5.26 Å². The van der Waals surface area contributed by atoms with Crippen LogP contribution in [0.25, 0.3) is 5.69 Å². The van der Waals surface area contributed by atoms with E-state index in [9.17, 15) is 9.59 Å². The van der Waals surface area contributed by atoms with Gasteiger partial charge in [-0.15, -0.1) is 5.10 Å². The fourth-order valence-electron chi connectivity index (χ4n) is 3.25. The number of amides is 1. The Kier molecular flexibility index (Phi) is 5.97. The zero-order chi connectivity index (χ0) is 19.4. The SMILES string of the molecule is CCCc1nn(-c2ccc(Cl)cc2)c(=O)n1CC(=O)N1CCC(C#N)CC1. The maximum Gasteiger partial charge on any atom is 0.351 e.